The molecule has 0 spiro atoms. The Morgan fingerprint density at radius 2 is 2.04 bits per heavy atom. The van der Waals surface area contributed by atoms with Crippen LogP contribution < -0.4 is 10.6 Å². The molecule has 2 N–H and O–H groups in total. The van der Waals surface area contributed by atoms with Gasteiger partial charge in [-0.3, -0.25) is 19.3 Å². The Hall–Kier alpha value is -1.90. The monoisotopic (exact) mass is 424 g/mol. The lowest BCUT2D eigenvalue weighted by Crippen LogP contribution is -2.39. The lowest BCUT2D eigenvalue weighted by molar-refractivity contribution is -0.122. The molecule has 2 rings (SSSR count). The molecule has 1 aliphatic rings. The minimum absolute atomic E-state index is 0.0273. The van der Waals surface area contributed by atoms with Gasteiger partial charge in [-0.15, -0.1) is 0 Å². The lowest BCUT2D eigenvalue weighted by atomic mass is 10.2. The molecule has 1 aromatic rings. The molecule has 0 aromatic heterocycles. The molecule has 9 heteroatoms. The molecule has 1 atom stereocenters. The number of carbonyl (C=O) groups is 3. The number of nitrogens with zero attached hydrogens (tertiary/aromatic N) is 2. The van der Waals surface area contributed by atoms with E-state index < -0.39 is 5.25 Å². The molecule has 0 unspecified atom stereocenters. The van der Waals surface area contributed by atoms with E-state index >= 15 is 0 Å². The van der Waals surface area contributed by atoms with Gasteiger partial charge in [0.25, 0.3) is 5.91 Å². The normalized spacial score (nSPS) is 16.5. The van der Waals surface area contributed by atoms with Gasteiger partial charge in [-0.2, -0.15) is 0 Å². The number of likely N-dealkylation sites (N-methyl/N-ethyl adjacent to an activating group) is 1. The van der Waals surface area contributed by atoms with Crippen LogP contribution in [-0.4, -0.2) is 59.1 Å². The Morgan fingerprint density at radius 1 is 1.32 bits per heavy atom. The van der Waals surface area contributed by atoms with Crippen molar-refractivity contribution < 1.29 is 14.4 Å². The van der Waals surface area contributed by atoms with Crippen LogP contribution in [0.5, 0.6) is 0 Å². The van der Waals surface area contributed by atoms with Gasteiger partial charge in [0, 0.05) is 29.7 Å². The summed E-state index contributed by atoms with van der Waals surface area (Å²) in [5.74, 6) is -0.677. The fraction of sp³-hybridized carbons (Fsp3) is 0.474. The zero-order valence-electron chi connectivity index (χ0n) is 16.4. The Labute approximate surface area is 174 Å². The molecule has 0 radical (unpaired) electrons. The number of aryl methyl sites for hydroxylation is 1. The molecule has 0 fully saturated rings. The van der Waals surface area contributed by atoms with E-state index in [4.69, 9.17) is 11.6 Å². The molecule has 28 heavy (non-hydrogen) atoms. The first-order chi connectivity index (χ1) is 13.1. The molecule has 7 nitrogen and oxygen atoms in total. The van der Waals surface area contributed by atoms with E-state index in [9.17, 15) is 14.4 Å². The largest absolute Gasteiger partial charge is 0.353 e. The van der Waals surface area contributed by atoms with Crippen LogP contribution in [0.4, 0.5) is 5.69 Å². The van der Waals surface area contributed by atoms with E-state index in [1.165, 1.54) is 11.8 Å². The first-order valence-corrected chi connectivity index (χ1v) is 10.2. The molecule has 1 aromatic carbocycles. The third-order valence-electron chi connectivity index (χ3n) is 3.88. The number of aliphatic imine (C=N–C) groups is 1. The van der Waals surface area contributed by atoms with Gasteiger partial charge in [0.15, 0.2) is 0 Å². The van der Waals surface area contributed by atoms with E-state index in [-0.39, 0.29) is 36.7 Å². The van der Waals surface area contributed by atoms with Gasteiger partial charge in [0.05, 0.1) is 11.6 Å². The summed E-state index contributed by atoms with van der Waals surface area (Å²) in [6, 6.07) is 5.34. The van der Waals surface area contributed by atoms with E-state index in [0.29, 0.717) is 22.3 Å². The quantitative estimate of drug-likeness (QED) is 0.669. The molecular formula is C19H25ClN4O3S. The van der Waals surface area contributed by atoms with Crippen molar-refractivity contribution in [3.63, 3.8) is 0 Å². The standard InChI is InChI=1S/C19H25ClN4O3S/c1-11(2)21-17(26)9-24(4)10-18-23-19(27)15(28-18)8-16(25)22-13-6-5-12(3)14(20)7-13/h5-7,11,15H,8-10H2,1-4H3,(H,21,26)(H,22,25)/t15-/m0/s1. The first-order valence-electron chi connectivity index (χ1n) is 8.96. The van der Waals surface area contributed by atoms with Crippen molar-refractivity contribution in [2.75, 3.05) is 25.5 Å². The number of benzene rings is 1. The van der Waals surface area contributed by atoms with Gasteiger partial charge in [-0.05, 0) is 45.5 Å². The van der Waals surface area contributed by atoms with Crippen LogP contribution in [0.15, 0.2) is 23.2 Å². The van der Waals surface area contributed by atoms with Crippen LogP contribution in [0.1, 0.15) is 25.8 Å². The number of thioether (sulfide) groups is 1. The molecule has 152 valence electrons. The summed E-state index contributed by atoms with van der Waals surface area (Å²) in [7, 11) is 1.79. The second kappa shape index (κ2) is 10.0. The Kier molecular flexibility index (Phi) is 8.03. The Bertz CT molecular complexity index is 797. The molecule has 1 heterocycles. The predicted molar refractivity (Wildman–Crippen MR) is 114 cm³/mol. The second-order valence-corrected chi connectivity index (χ2v) is 8.74. The zero-order valence-corrected chi connectivity index (χ0v) is 18.0. The van der Waals surface area contributed by atoms with Crippen molar-refractivity contribution in [1.29, 1.82) is 0 Å². The van der Waals surface area contributed by atoms with Crippen LogP contribution in [0.3, 0.4) is 0 Å². The topological polar surface area (TPSA) is 90.9 Å². The summed E-state index contributed by atoms with van der Waals surface area (Å²) in [6.45, 7) is 6.27. The van der Waals surface area contributed by atoms with Crippen molar-refractivity contribution in [2.45, 2.75) is 38.5 Å². The molecule has 0 saturated carbocycles. The average molecular weight is 425 g/mol. The number of halogens is 1. The summed E-state index contributed by atoms with van der Waals surface area (Å²) in [5.41, 5.74) is 1.51. The second-order valence-electron chi connectivity index (χ2n) is 7.06. The highest BCUT2D eigenvalue weighted by atomic mass is 35.5. The summed E-state index contributed by atoms with van der Waals surface area (Å²) < 4.78 is 0. The number of carbonyl (C=O) groups excluding carboxylic acids is 3. The van der Waals surface area contributed by atoms with E-state index in [1.807, 2.05) is 26.8 Å². The maximum Gasteiger partial charge on any atom is 0.260 e. The van der Waals surface area contributed by atoms with Gasteiger partial charge in [0.1, 0.15) is 5.25 Å². The molecule has 0 aliphatic carbocycles. The van der Waals surface area contributed by atoms with Crippen LogP contribution in [-0.2, 0) is 14.4 Å². The third-order valence-corrected chi connectivity index (χ3v) is 5.44. The number of hydrogen-bond acceptors (Lipinski definition) is 5. The number of nitrogens with one attached hydrogen (secondary N) is 2. The highest BCUT2D eigenvalue weighted by Crippen LogP contribution is 2.26. The van der Waals surface area contributed by atoms with Crippen LogP contribution >= 0.6 is 23.4 Å². The number of rotatable bonds is 8. The maximum absolute atomic E-state index is 12.3. The van der Waals surface area contributed by atoms with E-state index in [0.717, 1.165) is 5.56 Å². The molecule has 3 amide bonds. The highest BCUT2D eigenvalue weighted by molar-refractivity contribution is 8.15. The Morgan fingerprint density at radius 3 is 2.68 bits per heavy atom. The summed E-state index contributed by atoms with van der Waals surface area (Å²) >= 11 is 7.33. The van der Waals surface area contributed by atoms with E-state index in [1.54, 1.807) is 24.1 Å². The fourth-order valence-corrected chi connectivity index (χ4v) is 3.92. The summed E-state index contributed by atoms with van der Waals surface area (Å²) in [4.78, 5) is 42.0. The molecule has 1 aliphatic heterocycles. The predicted octanol–water partition coefficient (Wildman–Crippen LogP) is 2.47. The third kappa shape index (κ3) is 6.92. The van der Waals surface area contributed by atoms with Crippen molar-refractivity contribution in [3.8, 4) is 0 Å². The van der Waals surface area contributed by atoms with Gasteiger partial charge >= 0.3 is 0 Å². The molecule has 0 saturated heterocycles. The minimum atomic E-state index is -0.547. The van der Waals surface area contributed by atoms with Crippen LogP contribution in [0.25, 0.3) is 0 Å². The summed E-state index contributed by atoms with van der Waals surface area (Å²) in [6.07, 6.45) is 0.0273. The Balaban J connectivity index is 1.82. The average Bonchev–Trinajstić information content (AvgIpc) is 2.88. The molecule has 0 bridgehead atoms. The van der Waals surface area contributed by atoms with Crippen LogP contribution in [0.2, 0.25) is 5.02 Å². The van der Waals surface area contributed by atoms with Crippen molar-refractivity contribution >= 4 is 51.8 Å². The fourth-order valence-electron chi connectivity index (χ4n) is 2.59. The van der Waals surface area contributed by atoms with Crippen molar-refractivity contribution in [2.24, 2.45) is 4.99 Å². The highest BCUT2D eigenvalue weighted by Gasteiger charge is 2.31. The number of hydrogen-bond donors (Lipinski definition) is 2. The SMILES string of the molecule is Cc1ccc(NC(=O)C[C@@H]2SC(CN(C)CC(=O)NC(C)C)=NC2=O)cc1Cl. The van der Waals surface area contributed by atoms with Gasteiger partial charge < -0.3 is 10.6 Å². The zero-order chi connectivity index (χ0) is 20.8. The van der Waals surface area contributed by atoms with Crippen LogP contribution in [0, 0.1) is 6.92 Å². The summed E-state index contributed by atoms with van der Waals surface area (Å²) in [5, 5.41) is 6.20. The van der Waals surface area contributed by atoms with Gasteiger partial charge in [-0.25, -0.2) is 4.99 Å². The van der Waals surface area contributed by atoms with Crippen molar-refractivity contribution in [1.82, 2.24) is 10.2 Å². The lowest BCUT2D eigenvalue weighted by Gasteiger charge is -2.17. The maximum atomic E-state index is 12.3. The van der Waals surface area contributed by atoms with Crippen molar-refractivity contribution in [3.05, 3.63) is 28.8 Å². The van der Waals surface area contributed by atoms with Gasteiger partial charge in [-0.1, -0.05) is 29.4 Å². The van der Waals surface area contributed by atoms with Gasteiger partial charge in [0.2, 0.25) is 11.8 Å². The smallest absolute Gasteiger partial charge is 0.260 e. The molecular weight excluding hydrogens is 400 g/mol. The minimum Gasteiger partial charge on any atom is -0.353 e. The first kappa shape index (κ1) is 22.4. The number of anilines is 1. The number of amides is 3. The van der Waals surface area contributed by atoms with E-state index in [2.05, 4.69) is 15.6 Å².